The first-order valence-electron chi connectivity index (χ1n) is 9.76. The zero-order valence-corrected chi connectivity index (χ0v) is 19.8. The van der Waals surface area contributed by atoms with Gasteiger partial charge >= 0.3 is 0 Å². The summed E-state index contributed by atoms with van der Waals surface area (Å²) in [6.45, 7) is 0. The molecule has 0 spiro atoms. The molecule has 2 aromatic carbocycles. The summed E-state index contributed by atoms with van der Waals surface area (Å²) in [5.74, 6) is -0.963. The Bertz CT molecular complexity index is 1200. The number of carbonyl (C=O) groups is 2. The van der Waals surface area contributed by atoms with Gasteiger partial charge in [0.15, 0.2) is 15.0 Å². The van der Waals surface area contributed by atoms with Crippen LogP contribution in [-0.2, 0) is 32.3 Å². The summed E-state index contributed by atoms with van der Waals surface area (Å²) in [6, 6.07) is 13.5. The molecular weight excluding hydrogens is 493 g/mol. The molecule has 32 heavy (non-hydrogen) atoms. The summed E-state index contributed by atoms with van der Waals surface area (Å²) in [7, 11) is -3.24. The highest BCUT2D eigenvalue weighted by atomic mass is 35.5. The zero-order valence-electron chi connectivity index (χ0n) is 16.7. The molecule has 0 saturated carbocycles. The van der Waals surface area contributed by atoms with Gasteiger partial charge in [0.2, 0.25) is 5.91 Å². The summed E-state index contributed by atoms with van der Waals surface area (Å²) in [6.07, 6.45) is 0.00456. The summed E-state index contributed by atoms with van der Waals surface area (Å²) in [4.78, 5) is 29.5. The van der Waals surface area contributed by atoms with Crippen molar-refractivity contribution in [1.82, 2.24) is 10.4 Å². The Morgan fingerprint density at radius 2 is 1.59 bits per heavy atom. The molecule has 7 nitrogen and oxygen atoms in total. The van der Waals surface area contributed by atoms with Gasteiger partial charge in [0, 0.05) is 15.3 Å². The van der Waals surface area contributed by atoms with Gasteiger partial charge in [0.25, 0.3) is 5.91 Å². The molecule has 168 valence electrons. The van der Waals surface area contributed by atoms with Crippen LogP contribution < -0.4 is 5.43 Å². The number of halogens is 2. The smallest absolute Gasteiger partial charge is 0.252 e. The fourth-order valence-electron chi connectivity index (χ4n) is 3.63. The summed E-state index contributed by atoms with van der Waals surface area (Å²) in [5, 5.41) is 2.31. The van der Waals surface area contributed by atoms with Crippen LogP contribution in [0.1, 0.15) is 11.1 Å². The van der Waals surface area contributed by atoms with Crippen molar-refractivity contribution in [1.29, 1.82) is 0 Å². The Morgan fingerprint density at radius 1 is 1.00 bits per heavy atom. The van der Waals surface area contributed by atoms with E-state index in [1.165, 1.54) is 16.8 Å². The number of aliphatic imine (C=N–C) groups is 1. The lowest BCUT2D eigenvalue weighted by atomic mass is 10.1. The standard InChI is InChI=1S/C21H19Cl2N3O4S2/c22-15-7-3-1-5-13(15)9-19(27)24-21-26(17-11-32(29,30)12-18(17)31-21)25-20(28)10-14-6-2-4-8-16(14)23/h1-8,17-18H,9-12H2,(H,25,28)/t17-,18-/m1/s1. The van der Waals surface area contributed by atoms with Crippen LogP contribution in [0.15, 0.2) is 53.5 Å². The van der Waals surface area contributed by atoms with Crippen LogP contribution in [0.2, 0.25) is 10.0 Å². The number of hydrazine groups is 1. The van der Waals surface area contributed by atoms with E-state index in [0.29, 0.717) is 21.2 Å². The van der Waals surface area contributed by atoms with Crippen LogP contribution in [0.5, 0.6) is 0 Å². The van der Waals surface area contributed by atoms with Gasteiger partial charge in [-0.15, -0.1) is 0 Å². The third-order valence-corrected chi connectivity index (χ3v) is 9.09. The lowest BCUT2D eigenvalue weighted by molar-refractivity contribution is -0.124. The summed E-state index contributed by atoms with van der Waals surface area (Å²) < 4.78 is 24.3. The molecule has 2 aromatic rings. The molecule has 0 radical (unpaired) electrons. The van der Waals surface area contributed by atoms with Gasteiger partial charge in [-0.25, -0.2) is 8.42 Å². The van der Waals surface area contributed by atoms with E-state index in [9.17, 15) is 18.0 Å². The molecule has 4 rings (SSSR count). The second-order valence-corrected chi connectivity index (χ2v) is 11.7. The van der Waals surface area contributed by atoms with Gasteiger partial charge in [-0.1, -0.05) is 71.4 Å². The molecule has 2 heterocycles. The Morgan fingerprint density at radius 3 is 2.22 bits per heavy atom. The van der Waals surface area contributed by atoms with E-state index in [4.69, 9.17) is 23.2 Å². The Balaban J connectivity index is 1.53. The van der Waals surface area contributed by atoms with Crippen LogP contribution in [0.4, 0.5) is 0 Å². The number of rotatable bonds is 5. The first kappa shape index (κ1) is 23.1. The average molecular weight is 512 g/mol. The molecule has 11 heteroatoms. The van der Waals surface area contributed by atoms with Crippen molar-refractivity contribution in [2.24, 2.45) is 4.99 Å². The first-order chi connectivity index (χ1) is 15.2. The van der Waals surface area contributed by atoms with E-state index in [-0.39, 0.29) is 40.7 Å². The van der Waals surface area contributed by atoms with E-state index in [1.54, 1.807) is 48.5 Å². The number of hydrogen-bond acceptors (Lipinski definition) is 5. The van der Waals surface area contributed by atoms with Crippen LogP contribution in [0.25, 0.3) is 0 Å². The van der Waals surface area contributed by atoms with Crippen molar-refractivity contribution >= 4 is 61.8 Å². The molecule has 2 atom stereocenters. The second-order valence-electron chi connectivity index (χ2n) is 7.53. The van der Waals surface area contributed by atoms with E-state index < -0.39 is 21.8 Å². The van der Waals surface area contributed by atoms with Crippen molar-refractivity contribution in [3.8, 4) is 0 Å². The molecule has 2 amide bonds. The molecule has 2 aliphatic heterocycles. The maximum Gasteiger partial charge on any atom is 0.252 e. The highest BCUT2D eigenvalue weighted by molar-refractivity contribution is 8.15. The zero-order chi connectivity index (χ0) is 22.9. The first-order valence-corrected chi connectivity index (χ1v) is 13.2. The highest BCUT2D eigenvalue weighted by Crippen LogP contribution is 2.37. The van der Waals surface area contributed by atoms with Crippen molar-refractivity contribution in [3.63, 3.8) is 0 Å². The SMILES string of the molecule is O=C(Cc1ccccc1Cl)N=C1S[C@@H]2CS(=O)(=O)C[C@H]2N1NC(=O)Cc1ccccc1Cl. The van der Waals surface area contributed by atoms with Crippen LogP contribution in [0, 0.1) is 0 Å². The molecule has 2 fully saturated rings. The number of amides is 2. The number of sulfone groups is 1. The maximum atomic E-state index is 12.7. The highest BCUT2D eigenvalue weighted by Gasteiger charge is 2.49. The predicted molar refractivity (Wildman–Crippen MR) is 127 cm³/mol. The van der Waals surface area contributed by atoms with Gasteiger partial charge in [-0.2, -0.15) is 4.99 Å². The van der Waals surface area contributed by atoms with Gasteiger partial charge in [0.1, 0.15) is 0 Å². The Labute approximate surface area is 200 Å². The quantitative estimate of drug-likeness (QED) is 0.662. The van der Waals surface area contributed by atoms with Crippen molar-refractivity contribution in [2.75, 3.05) is 11.5 Å². The van der Waals surface area contributed by atoms with Crippen LogP contribution in [0.3, 0.4) is 0 Å². The lowest BCUT2D eigenvalue weighted by Gasteiger charge is -2.25. The normalized spacial score (nSPS) is 22.7. The lowest BCUT2D eigenvalue weighted by Crippen LogP contribution is -2.50. The molecule has 0 unspecified atom stereocenters. The van der Waals surface area contributed by atoms with Gasteiger partial charge < -0.3 is 0 Å². The van der Waals surface area contributed by atoms with Crippen LogP contribution in [-0.4, -0.2) is 53.2 Å². The molecule has 2 aliphatic rings. The minimum atomic E-state index is -3.24. The minimum Gasteiger partial charge on any atom is -0.273 e. The van der Waals surface area contributed by atoms with E-state index in [0.717, 1.165) is 0 Å². The molecule has 0 bridgehead atoms. The second kappa shape index (κ2) is 9.43. The number of benzene rings is 2. The van der Waals surface area contributed by atoms with Gasteiger partial charge in [-0.05, 0) is 23.3 Å². The molecular formula is C21H19Cl2N3O4S2. The fraction of sp³-hybridized carbons (Fsp3) is 0.286. The predicted octanol–water partition coefficient (Wildman–Crippen LogP) is 2.91. The van der Waals surface area contributed by atoms with E-state index >= 15 is 0 Å². The number of thioether (sulfide) groups is 1. The topological polar surface area (TPSA) is 95.9 Å². The molecule has 0 aliphatic carbocycles. The third kappa shape index (κ3) is 5.28. The Hall–Kier alpha value is -2.07. The summed E-state index contributed by atoms with van der Waals surface area (Å²) in [5.41, 5.74) is 4.02. The largest absolute Gasteiger partial charge is 0.273 e. The maximum absolute atomic E-state index is 12.7. The number of fused-ring (bicyclic) bond motifs is 1. The van der Waals surface area contributed by atoms with Crippen molar-refractivity contribution in [3.05, 3.63) is 69.7 Å². The summed E-state index contributed by atoms with van der Waals surface area (Å²) >= 11 is 13.5. The molecule has 2 saturated heterocycles. The third-order valence-electron chi connectivity index (χ3n) is 5.14. The number of nitrogens with one attached hydrogen (secondary N) is 1. The monoisotopic (exact) mass is 511 g/mol. The number of carbonyl (C=O) groups excluding carboxylic acids is 2. The van der Waals surface area contributed by atoms with Crippen molar-refractivity contribution < 1.29 is 18.0 Å². The number of amidine groups is 1. The van der Waals surface area contributed by atoms with Gasteiger partial charge in [0.05, 0.1) is 30.4 Å². The molecule has 0 aromatic heterocycles. The molecule has 1 N–H and O–H groups in total. The van der Waals surface area contributed by atoms with E-state index in [2.05, 4.69) is 10.4 Å². The fourth-order valence-corrected chi connectivity index (χ4v) is 7.91. The van der Waals surface area contributed by atoms with Crippen LogP contribution >= 0.6 is 35.0 Å². The minimum absolute atomic E-state index is 0.00122. The van der Waals surface area contributed by atoms with E-state index in [1.807, 2.05) is 0 Å². The Kier molecular flexibility index (Phi) is 6.80. The number of nitrogens with zero attached hydrogens (tertiary/aromatic N) is 2. The average Bonchev–Trinajstić information content (AvgIpc) is 3.17. The van der Waals surface area contributed by atoms with Gasteiger partial charge in [-0.3, -0.25) is 20.0 Å². The number of hydrogen-bond donors (Lipinski definition) is 1. The van der Waals surface area contributed by atoms with Crippen molar-refractivity contribution in [2.45, 2.75) is 24.1 Å².